The molecule has 0 aromatic carbocycles. The van der Waals surface area contributed by atoms with Gasteiger partial charge in [-0.1, -0.05) is 47.0 Å². The van der Waals surface area contributed by atoms with E-state index in [0.29, 0.717) is 38.6 Å². The summed E-state index contributed by atoms with van der Waals surface area (Å²) in [7, 11) is 0. The molecule has 6 atom stereocenters. The van der Waals surface area contributed by atoms with Gasteiger partial charge in [0.25, 0.3) is 0 Å². The van der Waals surface area contributed by atoms with Crippen molar-refractivity contribution in [1.82, 2.24) is 16.0 Å². The smallest absolute Gasteiger partial charge is 0.326 e. The second-order valence-electron chi connectivity index (χ2n) is 8.70. The van der Waals surface area contributed by atoms with Gasteiger partial charge in [-0.25, -0.2) is 4.79 Å². The zero-order valence-corrected chi connectivity index (χ0v) is 20.6. The second-order valence-corrected chi connectivity index (χ2v) is 8.70. The Balaban J connectivity index is 5.54. The summed E-state index contributed by atoms with van der Waals surface area (Å²) in [6.45, 7) is 7.49. The first kappa shape index (κ1) is 31.3. The predicted octanol–water partition coefficient (Wildman–Crippen LogP) is -1.05. The molecule has 196 valence electrons. The summed E-state index contributed by atoms with van der Waals surface area (Å²) < 4.78 is 0. The Hall–Kier alpha value is -2.73. The summed E-state index contributed by atoms with van der Waals surface area (Å²) in [4.78, 5) is 61.4. The number of hydrogen-bond donors (Lipinski definition) is 7. The number of aliphatic carboxylic acids is 1. The van der Waals surface area contributed by atoms with Crippen molar-refractivity contribution in [3.8, 4) is 0 Å². The molecule has 0 bridgehead atoms. The minimum absolute atomic E-state index is 0.336. The molecule has 12 heteroatoms. The Morgan fingerprint density at radius 1 is 0.824 bits per heavy atom. The monoisotopic (exact) mass is 486 g/mol. The van der Waals surface area contributed by atoms with Gasteiger partial charge in [0.2, 0.25) is 23.6 Å². The fourth-order valence-electron chi connectivity index (χ4n) is 3.21. The first-order valence-electron chi connectivity index (χ1n) is 11.8. The molecule has 0 aliphatic carbocycles. The summed E-state index contributed by atoms with van der Waals surface area (Å²) in [6, 6.07) is -4.47. The van der Waals surface area contributed by atoms with Crippen molar-refractivity contribution in [3.63, 3.8) is 0 Å². The van der Waals surface area contributed by atoms with Crippen molar-refractivity contribution < 1.29 is 29.1 Å². The van der Waals surface area contributed by atoms with Crippen LogP contribution in [0.4, 0.5) is 0 Å². The van der Waals surface area contributed by atoms with E-state index in [0.717, 1.165) is 0 Å². The van der Waals surface area contributed by atoms with Crippen molar-refractivity contribution in [1.29, 1.82) is 0 Å². The minimum atomic E-state index is -1.34. The normalized spacial score (nSPS) is 16.3. The van der Waals surface area contributed by atoms with Gasteiger partial charge in [0.15, 0.2) is 0 Å². The Morgan fingerprint density at radius 3 is 1.82 bits per heavy atom. The molecule has 0 fully saturated rings. The number of primary amides is 1. The van der Waals surface area contributed by atoms with Crippen LogP contribution in [-0.2, 0) is 24.0 Å². The molecule has 0 aliphatic heterocycles. The number of rotatable bonds is 17. The number of hydrogen-bond acceptors (Lipinski definition) is 7. The van der Waals surface area contributed by atoms with E-state index in [-0.39, 0.29) is 11.8 Å². The highest BCUT2D eigenvalue weighted by atomic mass is 16.4. The van der Waals surface area contributed by atoms with Gasteiger partial charge in [-0.3, -0.25) is 19.2 Å². The maximum absolute atomic E-state index is 13.0. The molecule has 0 heterocycles. The Kier molecular flexibility index (Phi) is 14.7. The Labute approximate surface area is 201 Å². The third kappa shape index (κ3) is 10.9. The Morgan fingerprint density at radius 2 is 1.35 bits per heavy atom. The van der Waals surface area contributed by atoms with Gasteiger partial charge in [0, 0.05) is 0 Å². The van der Waals surface area contributed by atoms with Crippen molar-refractivity contribution in [2.45, 2.75) is 90.4 Å². The van der Waals surface area contributed by atoms with Crippen LogP contribution in [-0.4, -0.2) is 65.4 Å². The summed E-state index contributed by atoms with van der Waals surface area (Å²) >= 11 is 0. The van der Waals surface area contributed by atoms with Crippen LogP contribution in [0.5, 0.6) is 0 Å². The molecule has 0 spiro atoms. The lowest BCUT2D eigenvalue weighted by Crippen LogP contribution is -2.59. The minimum Gasteiger partial charge on any atom is -0.480 e. The average molecular weight is 487 g/mol. The number of carbonyl (C=O) groups is 5. The van der Waals surface area contributed by atoms with Crippen molar-refractivity contribution in [2.75, 3.05) is 6.54 Å². The van der Waals surface area contributed by atoms with Gasteiger partial charge in [-0.05, 0) is 31.2 Å². The molecule has 0 rings (SSSR count). The number of nitrogens with one attached hydrogen (secondary N) is 3. The molecule has 4 amide bonds. The molecule has 10 N–H and O–H groups in total. The van der Waals surface area contributed by atoms with E-state index in [1.807, 2.05) is 6.92 Å². The highest BCUT2D eigenvalue weighted by Gasteiger charge is 2.34. The van der Waals surface area contributed by atoms with Crippen molar-refractivity contribution in [3.05, 3.63) is 0 Å². The van der Waals surface area contributed by atoms with Crippen LogP contribution in [0.2, 0.25) is 0 Å². The zero-order chi connectivity index (χ0) is 26.4. The first-order valence-corrected chi connectivity index (χ1v) is 11.8. The standard InChI is InChI=1S/C22H42N6O6/c1-5-12(3)17(21(32)28-18(22(33)34)13(4)6-2)27-20(31)15(11-16(25)29)26-19(30)14(24)9-7-8-10-23/h12-15,17-18H,5-11,23-24H2,1-4H3,(H2,25,29)(H,26,30)(H,27,31)(H,28,32)(H,33,34). The maximum atomic E-state index is 13.0. The number of nitrogens with two attached hydrogens (primary N) is 3. The number of carboxylic acid groups (broad SMARTS) is 1. The van der Waals surface area contributed by atoms with E-state index in [9.17, 15) is 29.1 Å². The lowest BCUT2D eigenvalue weighted by Gasteiger charge is -2.29. The summed E-state index contributed by atoms with van der Waals surface area (Å²) in [5, 5.41) is 16.9. The van der Waals surface area contributed by atoms with Crippen molar-refractivity contribution in [2.24, 2.45) is 29.0 Å². The highest BCUT2D eigenvalue weighted by molar-refractivity contribution is 5.96. The number of unbranched alkanes of at least 4 members (excludes halogenated alkanes) is 1. The van der Waals surface area contributed by atoms with E-state index < -0.39 is 60.2 Å². The SMILES string of the molecule is CCC(C)C(NC(=O)C(NC(=O)C(CC(N)=O)NC(=O)C(N)CCCCN)C(C)CC)C(=O)O. The lowest BCUT2D eigenvalue weighted by atomic mass is 9.95. The molecule has 0 saturated heterocycles. The van der Waals surface area contributed by atoms with Crippen LogP contribution in [0.15, 0.2) is 0 Å². The van der Waals surface area contributed by atoms with Gasteiger partial charge in [-0.2, -0.15) is 0 Å². The summed E-state index contributed by atoms with van der Waals surface area (Å²) in [5.74, 6) is -4.80. The fraction of sp³-hybridized carbons (Fsp3) is 0.773. The van der Waals surface area contributed by atoms with E-state index in [1.165, 1.54) is 0 Å². The lowest BCUT2D eigenvalue weighted by molar-refractivity contribution is -0.144. The number of amides is 4. The van der Waals surface area contributed by atoms with Crippen molar-refractivity contribution >= 4 is 29.6 Å². The van der Waals surface area contributed by atoms with Gasteiger partial charge >= 0.3 is 5.97 Å². The van der Waals surface area contributed by atoms with Gasteiger partial charge < -0.3 is 38.3 Å². The van der Waals surface area contributed by atoms with Crippen LogP contribution >= 0.6 is 0 Å². The third-order valence-corrected chi connectivity index (χ3v) is 5.91. The summed E-state index contributed by atoms with van der Waals surface area (Å²) in [6.07, 6.45) is 2.18. The van der Waals surface area contributed by atoms with E-state index in [4.69, 9.17) is 17.2 Å². The van der Waals surface area contributed by atoms with Gasteiger partial charge in [0.1, 0.15) is 18.1 Å². The molecule has 0 aliphatic rings. The van der Waals surface area contributed by atoms with Crippen LogP contribution in [0.1, 0.15) is 66.2 Å². The maximum Gasteiger partial charge on any atom is 0.326 e. The number of carbonyl (C=O) groups excluding carboxylic acids is 4. The predicted molar refractivity (Wildman–Crippen MR) is 127 cm³/mol. The second kappa shape index (κ2) is 16.0. The van der Waals surface area contributed by atoms with Crippen LogP contribution in [0.3, 0.4) is 0 Å². The third-order valence-electron chi connectivity index (χ3n) is 5.91. The molecule has 6 unspecified atom stereocenters. The number of carboxylic acids is 1. The van der Waals surface area contributed by atoms with E-state index in [2.05, 4.69) is 16.0 Å². The molecule has 0 aromatic heterocycles. The molecule has 0 aromatic rings. The molecular weight excluding hydrogens is 444 g/mol. The molecular formula is C22H42N6O6. The molecule has 34 heavy (non-hydrogen) atoms. The fourth-order valence-corrected chi connectivity index (χ4v) is 3.21. The summed E-state index contributed by atoms with van der Waals surface area (Å²) in [5.41, 5.74) is 16.5. The Bertz CT molecular complexity index is 703. The average Bonchev–Trinajstić information content (AvgIpc) is 2.78. The van der Waals surface area contributed by atoms with E-state index in [1.54, 1.807) is 20.8 Å². The highest BCUT2D eigenvalue weighted by Crippen LogP contribution is 2.13. The molecule has 0 saturated carbocycles. The largest absolute Gasteiger partial charge is 0.480 e. The van der Waals surface area contributed by atoms with Crippen LogP contribution < -0.4 is 33.2 Å². The van der Waals surface area contributed by atoms with Gasteiger partial charge in [0.05, 0.1) is 12.5 Å². The zero-order valence-electron chi connectivity index (χ0n) is 20.6. The van der Waals surface area contributed by atoms with Crippen LogP contribution in [0.25, 0.3) is 0 Å². The van der Waals surface area contributed by atoms with E-state index >= 15 is 0 Å². The topological polar surface area (TPSA) is 220 Å². The molecule has 0 radical (unpaired) electrons. The molecule has 12 nitrogen and oxygen atoms in total. The first-order chi connectivity index (χ1) is 15.9. The van der Waals surface area contributed by atoms with Gasteiger partial charge in [-0.15, -0.1) is 0 Å². The quantitative estimate of drug-likeness (QED) is 0.125. The van der Waals surface area contributed by atoms with Crippen LogP contribution in [0, 0.1) is 11.8 Å².